The third-order valence-corrected chi connectivity index (χ3v) is 5.46. The molecule has 3 N–H and O–H groups in total. The van der Waals surface area contributed by atoms with Crippen LogP contribution in [-0.4, -0.2) is 27.8 Å². The van der Waals surface area contributed by atoms with Crippen LogP contribution >= 0.6 is 0 Å². The van der Waals surface area contributed by atoms with E-state index in [0.29, 0.717) is 29.0 Å². The van der Waals surface area contributed by atoms with E-state index < -0.39 is 6.61 Å². The molecule has 5 nitrogen and oxygen atoms in total. The first-order valence-corrected chi connectivity index (χ1v) is 8.86. The van der Waals surface area contributed by atoms with Crippen LogP contribution in [0.4, 0.5) is 14.6 Å². The largest absolute Gasteiger partial charge is 0.431 e. The molecule has 2 heterocycles. The summed E-state index contributed by atoms with van der Waals surface area (Å²) in [5, 5.41) is 9.75. The van der Waals surface area contributed by atoms with Gasteiger partial charge >= 0.3 is 6.61 Å². The number of hydrogen-bond donors (Lipinski definition) is 2. The van der Waals surface area contributed by atoms with E-state index in [1.165, 1.54) is 17.8 Å². The van der Waals surface area contributed by atoms with E-state index >= 15 is 0 Å². The molecule has 26 heavy (non-hydrogen) atoms. The molecule has 4 atom stereocenters. The Labute approximate surface area is 150 Å². The summed E-state index contributed by atoms with van der Waals surface area (Å²) in [5.74, 6) is 1.30. The lowest BCUT2D eigenvalue weighted by molar-refractivity contribution is -0.0494. The Morgan fingerprint density at radius 2 is 2.00 bits per heavy atom. The van der Waals surface area contributed by atoms with Crippen molar-refractivity contribution in [2.24, 2.45) is 11.8 Å². The van der Waals surface area contributed by atoms with Gasteiger partial charge in [-0.15, -0.1) is 0 Å². The Morgan fingerprint density at radius 3 is 2.65 bits per heavy atom. The van der Waals surface area contributed by atoms with Crippen molar-refractivity contribution in [2.45, 2.75) is 44.8 Å². The number of halogens is 2. The van der Waals surface area contributed by atoms with Gasteiger partial charge in [0.2, 0.25) is 0 Å². The van der Waals surface area contributed by atoms with Gasteiger partial charge in [-0.25, -0.2) is 4.98 Å². The highest BCUT2D eigenvalue weighted by atomic mass is 19.3. The van der Waals surface area contributed by atoms with Crippen LogP contribution in [0.1, 0.15) is 36.9 Å². The van der Waals surface area contributed by atoms with Gasteiger partial charge in [0.15, 0.2) is 11.6 Å². The van der Waals surface area contributed by atoms with Crippen molar-refractivity contribution >= 4 is 5.82 Å². The highest BCUT2D eigenvalue weighted by Gasteiger charge is 2.56. The number of alkyl halides is 2. The highest BCUT2D eigenvalue weighted by Crippen LogP contribution is 2.63. The molecular formula is C19H21F2N3O2. The minimum atomic E-state index is -2.96. The fourth-order valence-electron chi connectivity index (χ4n) is 4.22. The van der Waals surface area contributed by atoms with Gasteiger partial charge in [-0.2, -0.15) is 8.78 Å². The van der Waals surface area contributed by atoms with E-state index in [-0.39, 0.29) is 17.7 Å². The first-order chi connectivity index (χ1) is 12.5. The second-order valence-corrected chi connectivity index (χ2v) is 7.10. The molecular weight excluding hydrogens is 340 g/mol. The number of aliphatic hydroxyl groups excluding tert-OH is 1. The summed E-state index contributed by atoms with van der Waals surface area (Å²) < 4.78 is 29.6. The van der Waals surface area contributed by atoms with Gasteiger partial charge < -0.3 is 15.6 Å². The van der Waals surface area contributed by atoms with Crippen LogP contribution in [-0.2, 0) is 6.42 Å². The number of ether oxygens (including phenoxy) is 1. The van der Waals surface area contributed by atoms with Crippen LogP contribution in [0.5, 0.6) is 5.75 Å². The summed E-state index contributed by atoms with van der Waals surface area (Å²) in [5.41, 5.74) is 9.03. The maximum Gasteiger partial charge on any atom is 0.387 e. The first-order valence-electron chi connectivity index (χ1n) is 8.86. The first kappa shape index (κ1) is 17.1. The summed E-state index contributed by atoms with van der Waals surface area (Å²) in [4.78, 5) is 8.59. The summed E-state index contributed by atoms with van der Waals surface area (Å²) in [6.45, 7) is -0.933. The number of fused-ring (bicyclic) bond motifs is 1. The minimum absolute atomic E-state index is 0.0772. The molecule has 2 fully saturated rings. The van der Waals surface area contributed by atoms with Gasteiger partial charge in [-0.05, 0) is 60.8 Å². The normalized spacial score (nSPS) is 26.8. The van der Waals surface area contributed by atoms with Crippen molar-refractivity contribution < 1.29 is 18.6 Å². The van der Waals surface area contributed by atoms with Gasteiger partial charge in [0.25, 0.3) is 0 Å². The standard InChI is InChI=1S/C19H21F2N3O2/c1-2-11-3-9(17-13-6-12(25)7-14(13)17)4-15(24-11)10-5-16(26-19(20)21)18(22)23-8-10/h3-5,8,12-14,17,19,25H,2,6-7H2,1H3,(H2,22,23)/t12?,13-,14+,17+. The zero-order chi connectivity index (χ0) is 18.4. The molecule has 2 aliphatic rings. The van der Waals surface area contributed by atoms with Crippen molar-refractivity contribution in [3.63, 3.8) is 0 Å². The Morgan fingerprint density at radius 1 is 1.27 bits per heavy atom. The molecule has 1 unspecified atom stereocenters. The lowest BCUT2D eigenvalue weighted by Gasteiger charge is -2.13. The number of pyridine rings is 2. The molecule has 2 aromatic heterocycles. The minimum Gasteiger partial charge on any atom is -0.431 e. The van der Waals surface area contributed by atoms with Crippen LogP contribution in [0.3, 0.4) is 0 Å². The predicted octanol–water partition coefficient (Wildman–Crippen LogP) is 3.37. The SMILES string of the molecule is CCc1cc([C@H]2[C@@H]3CC(O)C[C@@H]32)cc(-c2cnc(N)c(OC(F)F)c2)n1. The number of nitrogens with two attached hydrogens (primary N) is 1. The molecule has 0 aromatic carbocycles. The van der Waals surface area contributed by atoms with Crippen molar-refractivity contribution in [1.29, 1.82) is 0 Å². The zero-order valence-corrected chi connectivity index (χ0v) is 14.4. The van der Waals surface area contributed by atoms with E-state index in [0.717, 1.165) is 25.0 Å². The molecule has 138 valence electrons. The highest BCUT2D eigenvalue weighted by molar-refractivity contribution is 5.65. The average Bonchev–Trinajstić information content (AvgIpc) is 3.12. The second-order valence-electron chi connectivity index (χ2n) is 7.10. The lowest BCUT2D eigenvalue weighted by atomic mass is 9.99. The molecule has 4 rings (SSSR count). The maximum atomic E-state index is 12.6. The maximum absolute atomic E-state index is 12.6. The van der Waals surface area contributed by atoms with Crippen molar-refractivity contribution in [2.75, 3.05) is 5.73 Å². The van der Waals surface area contributed by atoms with Crippen LogP contribution in [0.2, 0.25) is 0 Å². The summed E-state index contributed by atoms with van der Waals surface area (Å²) >= 11 is 0. The monoisotopic (exact) mass is 361 g/mol. The summed E-state index contributed by atoms with van der Waals surface area (Å²) in [6, 6.07) is 5.56. The number of anilines is 1. The quantitative estimate of drug-likeness (QED) is 0.853. The fourth-order valence-corrected chi connectivity index (χ4v) is 4.22. The lowest BCUT2D eigenvalue weighted by Crippen LogP contribution is -2.06. The third-order valence-electron chi connectivity index (χ3n) is 5.46. The van der Waals surface area contributed by atoms with Crippen molar-refractivity contribution in [3.05, 3.63) is 35.7 Å². The smallest absolute Gasteiger partial charge is 0.387 e. The van der Waals surface area contributed by atoms with E-state index in [1.807, 2.05) is 13.0 Å². The summed E-state index contributed by atoms with van der Waals surface area (Å²) in [6.07, 6.45) is 3.82. The van der Waals surface area contributed by atoms with Crippen LogP contribution in [0.15, 0.2) is 24.4 Å². The molecule has 2 saturated carbocycles. The number of aliphatic hydroxyl groups is 1. The summed E-state index contributed by atoms with van der Waals surface area (Å²) in [7, 11) is 0. The fraction of sp³-hybridized carbons (Fsp3) is 0.474. The number of hydrogen-bond acceptors (Lipinski definition) is 5. The van der Waals surface area contributed by atoms with Gasteiger partial charge in [0.1, 0.15) is 0 Å². The van der Waals surface area contributed by atoms with Crippen molar-refractivity contribution in [1.82, 2.24) is 9.97 Å². The Kier molecular flexibility index (Phi) is 4.26. The Balaban J connectivity index is 1.68. The molecule has 0 spiro atoms. The van der Waals surface area contributed by atoms with Crippen LogP contribution < -0.4 is 10.5 Å². The molecule has 7 heteroatoms. The average molecular weight is 361 g/mol. The number of aryl methyl sites for hydroxylation is 1. The van der Waals surface area contributed by atoms with Gasteiger partial charge in [-0.3, -0.25) is 4.98 Å². The van der Waals surface area contributed by atoms with Crippen LogP contribution in [0.25, 0.3) is 11.3 Å². The van der Waals surface area contributed by atoms with E-state index in [4.69, 9.17) is 5.73 Å². The molecule has 0 saturated heterocycles. The van der Waals surface area contributed by atoms with E-state index in [1.54, 1.807) is 0 Å². The third kappa shape index (κ3) is 3.11. The predicted molar refractivity (Wildman–Crippen MR) is 92.9 cm³/mol. The zero-order valence-electron chi connectivity index (χ0n) is 14.4. The Hall–Kier alpha value is -2.28. The number of rotatable bonds is 5. The number of nitrogens with zero attached hydrogens (tertiary/aromatic N) is 2. The molecule has 0 radical (unpaired) electrons. The molecule has 0 amide bonds. The number of nitrogen functional groups attached to an aromatic ring is 1. The van der Waals surface area contributed by atoms with E-state index in [2.05, 4.69) is 20.8 Å². The molecule has 0 aliphatic heterocycles. The second kappa shape index (κ2) is 6.46. The van der Waals surface area contributed by atoms with Gasteiger partial charge in [0.05, 0.1) is 11.8 Å². The van der Waals surface area contributed by atoms with E-state index in [9.17, 15) is 13.9 Å². The van der Waals surface area contributed by atoms with Crippen LogP contribution in [0, 0.1) is 11.8 Å². The Bertz CT molecular complexity index is 818. The van der Waals surface area contributed by atoms with Gasteiger partial charge in [-0.1, -0.05) is 6.92 Å². The van der Waals surface area contributed by atoms with Gasteiger partial charge in [0, 0.05) is 17.5 Å². The van der Waals surface area contributed by atoms with Crippen molar-refractivity contribution in [3.8, 4) is 17.0 Å². The molecule has 0 bridgehead atoms. The molecule has 2 aromatic rings. The topological polar surface area (TPSA) is 81.3 Å². The molecule has 2 aliphatic carbocycles. The number of aromatic nitrogens is 2.